The van der Waals surface area contributed by atoms with Crippen LogP contribution in [0.5, 0.6) is 11.5 Å². The molecule has 0 aromatic heterocycles. The predicted molar refractivity (Wildman–Crippen MR) is 127 cm³/mol. The molecule has 4 rings (SSSR count). The van der Waals surface area contributed by atoms with E-state index in [0.717, 1.165) is 48.5 Å². The second kappa shape index (κ2) is 11.2. The Bertz CT molecular complexity index is 921. The lowest BCUT2D eigenvalue weighted by atomic mass is 9.90. The van der Waals surface area contributed by atoms with Crippen molar-refractivity contribution in [3.05, 3.63) is 95.0 Å². The van der Waals surface area contributed by atoms with Crippen LogP contribution in [0.2, 0.25) is 5.02 Å². The molecule has 0 bridgehead atoms. The molecule has 31 heavy (non-hydrogen) atoms. The SMILES string of the molecule is Clc1ccccc1CC1CCN(CCOc2ccc(OCc3ccccc3)cc2)CC1. The monoisotopic (exact) mass is 435 g/mol. The fourth-order valence-corrected chi connectivity index (χ4v) is 4.27. The number of benzene rings is 3. The fourth-order valence-electron chi connectivity index (χ4n) is 4.05. The van der Waals surface area contributed by atoms with Crippen molar-refractivity contribution in [2.45, 2.75) is 25.9 Å². The van der Waals surface area contributed by atoms with E-state index in [4.69, 9.17) is 21.1 Å². The molecule has 0 atom stereocenters. The largest absolute Gasteiger partial charge is 0.492 e. The molecule has 1 saturated heterocycles. The minimum atomic E-state index is 0.577. The first kappa shape index (κ1) is 21.7. The van der Waals surface area contributed by atoms with Crippen molar-refractivity contribution in [2.24, 2.45) is 5.92 Å². The first-order valence-corrected chi connectivity index (χ1v) is 11.5. The van der Waals surface area contributed by atoms with Gasteiger partial charge in [0.05, 0.1) is 0 Å². The molecule has 0 saturated carbocycles. The third-order valence-electron chi connectivity index (χ3n) is 5.92. The zero-order valence-corrected chi connectivity index (χ0v) is 18.6. The second-order valence-corrected chi connectivity index (χ2v) is 8.58. The summed E-state index contributed by atoms with van der Waals surface area (Å²) in [4.78, 5) is 2.50. The molecule has 3 nitrogen and oxygen atoms in total. The molecular formula is C27H30ClNO2. The van der Waals surface area contributed by atoms with Crippen LogP contribution in [0.25, 0.3) is 0 Å². The Morgan fingerprint density at radius 3 is 2.13 bits per heavy atom. The predicted octanol–water partition coefficient (Wildman–Crippen LogP) is 6.25. The molecule has 0 radical (unpaired) electrons. The lowest BCUT2D eigenvalue weighted by Gasteiger charge is -2.32. The van der Waals surface area contributed by atoms with Gasteiger partial charge in [-0.2, -0.15) is 0 Å². The van der Waals surface area contributed by atoms with Gasteiger partial charge in [-0.1, -0.05) is 60.1 Å². The molecule has 1 aliphatic heterocycles. The number of ether oxygens (including phenoxy) is 2. The zero-order chi connectivity index (χ0) is 21.3. The van der Waals surface area contributed by atoms with E-state index in [2.05, 4.69) is 29.2 Å². The molecule has 0 aliphatic carbocycles. The van der Waals surface area contributed by atoms with Crippen molar-refractivity contribution in [1.82, 2.24) is 4.90 Å². The van der Waals surface area contributed by atoms with E-state index < -0.39 is 0 Å². The topological polar surface area (TPSA) is 21.7 Å². The van der Waals surface area contributed by atoms with Crippen molar-refractivity contribution in [3.8, 4) is 11.5 Å². The summed E-state index contributed by atoms with van der Waals surface area (Å²) in [6.45, 7) is 4.51. The van der Waals surface area contributed by atoms with E-state index in [9.17, 15) is 0 Å². The number of nitrogens with zero attached hydrogens (tertiary/aromatic N) is 1. The molecule has 1 aliphatic rings. The summed E-state index contributed by atoms with van der Waals surface area (Å²) in [6.07, 6.45) is 3.53. The standard InChI is InChI=1S/C27H30ClNO2/c28-27-9-5-4-8-24(27)20-22-14-16-29(17-15-22)18-19-30-25-10-12-26(13-11-25)31-21-23-6-2-1-3-7-23/h1-13,22H,14-21H2. The number of hydrogen-bond donors (Lipinski definition) is 0. The molecule has 0 amide bonds. The Morgan fingerprint density at radius 1 is 0.774 bits per heavy atom. The van der Waals surface area contributed by atoms with E-state index in [1.807, 2.05) is 54.6 Å². The maximum absolute atomic E-state index is 6.32. The quantitative estimate of drug-likeness (QED) is 0.396. The van der Waals surface area contributed by atoms with Crippen LogP contribution in [0, 0.1) is 5.92 Å². The van der Waals surface area contributed by atoms with Crippen LogP contribution < -0.4 is 9.47 Å². The third-order valence-corrected chi connectivity index (χ3v) is 6.29. The highest BCUT2D eigenvalue weighted by molar-refractivity contribution is 6.31. The Kier molecular flexibility index (Phi) is 7.87. The number of rotatable bonds is 9. The number of piperidine rings is 1. The first-order valence-electron chi connectivity index (χ1n) is 11.1. The molecule has 1 fully saturated rings. The molecule has 0 N–H and O–H groups in total. The Morgan fingerprint density at radius 2 is 1.42 bits per heavy atom. The third kappa shape index (κ3) is 6.75. The van der Waals surface area contributed by atoms with Crippen LogP contribution in [0.3, 0.4) is 0 Å². The van der Waals surface area contributed by atoms with Gasteiger partial charge in [0.15, 0.2) is 0 Å². The molecule has 1 heterocycles. The molecule has 3 aromatic rings. The summed E-state index contributed by atoms with van der Waals surface area (Å²) in [5, 5.41) is 0.898. The van der Waals surface area contributed by atoms with Crippen molar-refractivity contribution in [1.29, 1.82) is 0 Å². The molecule has 162 valence electrons. The van der Waals surface area contributed by atoms with Gasteiger partial charge in [-0.25, -0.2) is 0 Å². The lowest BCUT2D eigenvalue weighted by molar-refractivity contribution is 0.155. The zero-order valence-electron chi connectivity index (χ0n) is 17.9. The average molecular weight is 436 g/mol. The van der Waals surface area contributed by atoms with Gasteiger partial charge in [0, 0.05) is 11.6 Å². The van der Waals surface area contributed by atoms with Crippen LogP contribution in [0.15, 0.2) is 78.9 Å². The molecule has 3 aromatic carbocycles. The van der Waals surface area contributed by atoms with Crippen LogP contribution in [0.4, 0.5) is 0 Å². The Balaban J connectivity index is 1.14. The lowest BCUT2D eigenvalue weighted by Crippen LogP contribution is -2.37. The highest BCUT2D eigenvalue weighted by atomic mass is 35.5. The van der Waals surface area contributed by atoms with Gasteiger partial charge in [0.25, 0.3) is 0 Å². The van der Waals surface area contributed by atoms with E-state index in [0.29, 0.717) is 13.2 Å². The van der Waals surface area contributed by atoms with E-state index >= 15 is 0 Å². The van der Waals surface area contributed by atoms with Gasteiger partial charge in [-0.05, 0) is 79.7 Å². The minimum Gasteiger partial charge on any atom is -0.492 e. The smallest absolute Gasteiger partial charge is 0.120 e. The van der Waals surface area contributed by atoms with Crippen LogP contribution >= 0.6 is 11.6 Å². The van der Waals surface area contributed by atoms with Gasteiger partial charge in [0.2, 0.25) is 0 Å². The van der Waals surface area contributed by atoms with Gasteiger partial charge in [-0.3, -0.25) is 4.90 Å². The van der Waals surface area contributed by atoms with Gasteiger partial charge in [-0.15, -0.1) is 0 Å². The number of halogens is 1. The molecule has 0 spiro atoms. The van der Waals surface area contributed by atoms with Crippen molar-refractivity contribution in [3.63, 3.8) is 0 Å². The van der Waals surface area contributed by atoms with Gasteiger partial charge >= 0.3 is 0 Å². The maximum atomic E-state index is 6.32. The van der Waals surface area contributed by atoms with Gasteiger partial charge < -0.3 is 9.47 Å². The highest BCUT2D eigenvalue weighted by Gasteiger charge is 2.20. The molecule has 4 heteroatoms. The van der Waals surface area contributed by atoms with E-state index in [1.54, 1.807) is 0 Å². The second-order valence-electron chi connectivity index (χ2n) is 8.17. The first-order chi connectivity index (χ1) is 15.3. The van der Waals surface area contributed by atoms with E-state index in [1.165, 1.54) is 24.0 Å². The van der Waals surface area contributed by atoms with Crippen LogP contribution in [-0.2, 0) is 13.0 Å². The van der Waals surface area contributed by atoms with Crippen LogP contribution in [0.1, 0.15) is 24.0 Å². The summed E-state index contributed by atoms with van der Waals surface area (Å²) in [6, 6.07) is 26.3. The minimum absolute atomic E-state index is 0.577. The van der Waals surface area contributed by atoms with Crippen molar-refractivity contribution < 1.29 is 9.47 Å². The van der Waals surface area contributed by atoms with Gasteiger partial charge in [0.1, 0.15) is 24.7 Å². The van der Waals surface area contributed by atoms with Crippen molar-refractivity contribution >= 4 is 11.6 Å². The Hall–Kier alpha value is -2.49. The summed E-state index contributed by atoms with van der Waals surface area (Å²) in [5.41, 5.74) is 2.45. The maximum Gasteiger partial charge on any atom is 0.120 e. The molecule has 0 unspecified atom stereocenters. The summed E-state index contributed by atoms with van der Waals surface area (Å²) >= 11 is 6.32. The summed E-state index contributed by atoms with van der Waals surface area (Å²) in [7, 11) is 0. The van der Waals surface area contributed by atoms with Crippen LogP contribution in [-0.4, -0.2) is 31.1 Å². The highest BCUT2D eigenvalue weighted by Crippen LogP contribution is 2.25. The average Bonchev–Trinajstić information content (AvgIpc) is 2.82. The van der Waals surface area contributed by atoms with Crippen molar-refractivity contribution in [2.75, 3.05) is 26.2 Å². The van der Waals surface area contributed by atoms with E-state index in [-0.39, 0.29) is 0 Å². The fraction of sp³-hybridized carbons (Fsp3) is 0.333. The Labute approximate surface area is 190 Å². The normalized spacial score (nSPS) is 15.0. The molecular weight excluding hydrogens is 406 g/mol. The number of likely N-dealkylation sites (tertiary alicyclic amines) is 1. The number of hydrogen-bond acceptors (Lipinski definition) is 3. The summed E-state index contributed by atoms with van der Waals surface area (Å²) < 4.78 is 11.8. The summed E-state index contributed by atoms with van der Waals surface area (Å²) in [5.74, 6) is 2.47.